The van der Waals surface area contributed by atoms with Crippen molar-refractivity contribution in [2.24, 2.45) is 5.73 Å². The lowest BCUT2D eigenvalue weighted by atomic mass is 10.1. The number of rotatable bonds is 4. The standard InChI is InChI=1S/C14H13ClN2O3/c1-9(16)10-2-5-12(6-3-10)20-14-7-4-11(15)8-13(14)17(18)19/h2-9H,16H2,1H3/t9-/m0/s1. The van der Waals surface area contributed by atoms with E-state index in [1.54, 1.807) is 18.2 Å². The molecule has 5 nitrogen and oxygen atoms in total. The highest BCUT2D eigenvalue weighted by atomic mass is 35.5. The van der Waals surface area contributed by atoms with Gasteiger partial charge in [-0.2, -0.15) is 0 Å². The van der Waals surface area contributed by atoms with Gasteiger partial charge in [-0.05, 0) is 36.8 Å². The van der Waals surface area contributed by atoms with Crippen molar-refractivity contribution in [1.82, 2.24) is 0 Å². The fourth-order valence-electron chi connectivity index (χ4n) is 1.69. The fraction of sp³-hybridized carbons (Fsp3) is 0.143. The zero-order valence-corrected chi connectivity index (χ0v) is 11.5. The van der Waals surface area contributed by atoms with Crippen LogP contribution in [0.25, 0.3) is 0 Å². The summed E-state index contributed by atoms with van der Waals surface area (Å²) in [5.74, 6) is 0.646. The van der Waals surface area contributed by atoms with E-state index in [0.717, 1.165) is 5.56 Å². The first-order chi connectivity index (χ1) is 9.47. The molecule has 0 fully saturated rings. The first kappa shape index (κ1) is 14.3. The van der Waals surface area contributed by atoms with Gasteiger partial charge in [0.2, 0.25) is 5.75 Å². The normalized spacial score (nSPS) is 11.9. The largest absolute Gasteiger partial charge is 0.450 e. The molecule has 0 aliphatic carbocycles. The van der Waals surface area contributed by atoms with Gasteiger partial charge in [0, 0.05) is 17.1 Å². The van der Waals surface area contributed by atoms with Crippen molar-refractivity contribution in [1.29, 1.82) is 0 Å². The lowest BCUT2D eigenvalue weighted by Gasteiger charge is -2.09. The molecule has 0 saturated carbocycles. The molecule has 2 aromatic rings. The van der Waals surface area contributed by atoms with Crippen LogP contribution in [0.2, 0.25) is 5.02 Å². The van der Waals surface area contributed by atoms with Gasteiger partial charge in [0.25, 0.3) is 0 Å². The summed E-state index contributed by atoms with van der Waals surface area (Å²) in [5.41, 5.74) is 6.54. The van der Waals surface area contributed by atoms with E-state index in [4.69, 9.17) is 22.1 Å². The third-order valence-corrected chi connectivity index (χ3v) is 2.99. The quantitative estimate of drug-likeness (QED) is 0.681. The number of nitro benzene ring substituents is 1. The van der Waals surface area contributed by atoms with Crippen LogP contribution in [0.5, 0.6) is 11.5 Å². The van der Waals surface area contributed by atoms with Crippen LogP contribution in [-0.2, 0) is 0 Å². The number of halogens is 1. The van der Waals surface area contributed by atoms with E-state index in [2.05, 4.69) is 0 Å². The molecule has 6 heteroatoms. The molecule has 0 aromatic heterocycles. The van der Waals surface area contributed by atoms with Gasteiger partial charge in [0.05, 0.1) is 4.92 Å². The van der Waals surface area contributed by atoms with E-state index in [-0.39, 0.29) is 22.5 Å². The van der Waals surface area contributed by atoms with Crippen molar-refractivity contribution in [3.63, 3.8) is 0 Å². The monoisotopic (exact) mass is 292 g/mol. The fourth-order valence-corrected chi connectivity index (χ4v) is 1.85. The first-order valence-corrected chi connectivity index (χ1v) is 6.32. The average Bonchev–Trinajstić information content (AvgIpc) is 2.41. The number of nitro groups is 1. The van der Waals surface area contributed by atoms with Gasteiger partial charge >= 0.3 is 5.69 Å². The summed E-state index contributed by atoms with van der Waals surface area (Å²) >= 11 is 5.75. The molecule has 0 bridgehead atoms. The Morgan fingerprint density at radius 3 is 2.45 bits per heavy atom. The molecule has 104 valence electrons. The van der Waals surface area contributed by atoms with Gasteiger partial charge < -0.3 is 10.5 Å². The molecule has 0 aliphatic rings. The molecular formula is C14H13ClN2O3. The molecule has 0 saturated heterocycles. The van der Waals surface area contributed by atoms with Crippen LogP contribution in [0.1, 0.15) is 18.5 Å². The third-order valence-electron chi connectivity index (χ3n) is 2.75. The predicted molar refractivity (Wildman–Crippen MR) is 77.2 cm³/mol. The van der Waals surface area contributed by atoms with Crippen LogP contribution < -0.4 is 10.5 Å². The second kappa shape index (κ2) is 5.90. The third kappa shape index (κ3) is 3.26. The Bertz CT molecular complexity index is 627. The number of nitrogens with two attached hydrogens (primary N) is 1. The van der Waals surface area contributed by atoms with Crippen LogP contribution in [0, 0.1) is 10.1 Å². The van der Waals surface area contributed by atoms with E-state index in [1.807, 2.05) is 19.1 Å². The maximum Gasteiger partial charge on any atom is 0.313 e. The summed E-state index contributed by atoms with van der Waals surface area (Å²) in [4.78, 5) is 10.4. The van der Waals surface area contributed by atoms with Crippen molar-refractivity contribution in [2.75, 3.05) is 0 Å². The number of benzene rings is 2. The Morgan fingerprint density at radius 2 is 1.90 bits per heavy atom. The van der Waals surface area contributed by atoms with Crippen LogP contribution in [0.3, 0.4) is 0 Å². The Morgan fingerprint density at radius 1 is 1.25 bits per heavy atom. The summed E-state index contributed by atoms with van der Waals surface area (Å²) in [6, 6.07) is 11.3. The van der Waals surface area contributed by atoms with Gasteiger partial charge in [0.1, 0.15) is 5.75 Å². The Hall–Kier alpha value is -2.11. The lowest BCUT2D eigenvalue weighted by Crippen LogP contribution is -2.04. The van der Waals surface area contributed by atoms with Gasteiger partial charge in [-0.25, -0.2) is 0 Å². The van der Waals surface area contributed by atoms with Crippen LogP contribution in [-0.4, -0.2) is 4.92 Å². The second-order valence-corrected chi connectivity index (χ2v) is 4.77. The van der Waals surface area contributed by atoms with Crippen molar-refractivity contribution in [3.05, 3.63) is 63.2 Å². The first-order valence-electron chi connectivity index (χ1n) is 5.94. The van der Waals surface area contributed by atoms with Gasteiger partial charge in [-0.15, -0.1) is 0 Å². The predicted octanol–water partition coefficient (Wildman–Crippen LogP) is 4.06. The molecule has 2 N–H and O–H groups in total. The number of hydrogen-bond donors (Lipinski definition) is 1. The van der Waals surface area contributed by atoms with E-state index in [0.29, 0.717) is 5.75 Å². The Labute approximate surface area is 121 Å². The lowest BCUT2D eigenvalue weighted by molar-refractivity contribution is -0.385. The van der Waals surface area contributed by atoms with Crippen molar-refractivity contribution < 1.29 is 9.66 Å². The minimum Gasteiger partial charge on any atom is -0.450 e. The highest BCUT2D eigenvalue weighted by molar-refractivity contribution is 6.30. The highest BCUT2D eigenvalue weighted by Gasteiger charge is 2.16. The number of hydrogen-bond acceptors (Lipinski definition) is 4. The zero-order valence-electron chi connectivity index (χ0n) is 10.7. The van der Waals surface area contributed by atoms with Gasteiger partial charge in [-0.3, -0.25) is 10.1 Å². The van der Waals surface area contributed by atoms with E-state index >= 15 is 0 Å². The number of ether oxygens (including phenoxy) is 1. The Kier molecular flexibility index (Phi) is 4.22. The summed E-state index contributed by atoms with van der Waals surface area (Å²) in [7, 11) is 0. The van der Waals surface area contributed by atoms with Crippen LogP contribution in [0.15, 0.2) is 42.5 Å². The van der Waals surface area contributed by atoms with Crippen molar-refractivity contribution in [3.8, 4) is 11.5 Å². The second-order valence-electron chi connectivity index (χ2n) is 4.33. The smallest absolute Gasteiger partial charge is 0.313 e. The molecular weight excluding hydrogens is 280 g/mol. The van der Waals surface area contributed by atoms with Crippen LogP contribution >= 0.6 is 11.6 Å². The molecule has 1 atom stereocenters. The van der Waals surface area contributed by atoms with E-state index < -0.39 is 4.92 Å². The summed E-state index contributed by atoms with van der Waals surface area (Å²) in [6.45, 7) is 1.87. The van der Waals surface area contributed by atoms with Crippen molar-refractivity contribution >= 4 is 17.3 Å². The molecule has 20 heavy (non-hydrogen) atoms. The SMILES string of the molecule is C[C@H](N)c1ccc(Oc2ccc(Cl)cc2[N+](=O)[O-])cc1. The minimum atomic E-state index is -0.530. The highest BCUT2D eigenvalue weighted by Crippen LogP contribution is 2.33. The minimum absolute atomic E-state index is 0.0751. The van der Waals surface area contributed by atoms with Crippen LogP contribution in [0.4, 0.5) is 5.69 Å². The molecule has 0 aliphatic heterocycles. The van der Waals surface area contributed by atoms with Crippen molar-refractivity contribution in [2.45, 2.75) is 13.0 Å². The molecule has 2 rings (SSSR count). The van der Waals surface area contributed by atoms with Gasteiger partial charge in [-0.1, -0.05) is 23.7 Å². The molecule has 0 unspecified atom stereocenters. The van der Waals surface area contributed by atoms with E-state index in [1.165, 1.54) is 12.1 Å². The summed E-state index contributed by atoms with van der Waals surface area (Å²) < 4.78 is 5.52. The van der Waals surface area contributed by atoms with Gasteiger partial charge in [0.15, 0.2) is 0 Å². The molecule has 2 aromatic carbocycles. The zero-order chi connectivity index (χ0) is 14.7. The molecule has 0 radical (unpaired) electrons. The topological polar surface area (TPSA) is 78.4 Å². The maximum absolute atomic E-state index is 11.0. The average molecular weight is 293 g/mol. The van der Waals surface area contributed by atoms with E-state index in [9.17, 15) is 10.1 Å². The molecule has 0 spiro atoms. The summed E-state index contributed by atoms with van der Waals surface area (Å²) in [5, 5.41) is 11.2. The molecule has 0 heterocycles. The number of nitrogens with zero attached hydrogens (tertiary/aromatic N) is 1. The molecule has 0 amide bonds. The summed E-state index contributed by atoms with van der Waals surface area (Å²) in [6.07, 6.45) is 0. The Balaban J connectivity index is 2.28. The maximum atomic E-state index is 11.0.